The van der Waals surface area contributed by atoms with Gasteiger partial charge in [-0.1, -0.05) is 78.9 Å². The minimum absolute atomic E-state index is 0.292. The number of carbonyl (C=O) groups is 3. The monoisotopic (exact) mass is 518 g/mol. The van der Waals surface area contributed by atoms with Gasteiger partial charge in [-0.15, -0.1) is 23.2 Å². The lowest BCUT2D eigenvalue weighted by Gasteiger charge is -2.54. The van der Waals surface area contributed by atoms with Gasteiger partial charge in [0.1, 0.15) is 15.8 Å². The van der Waals surface area contributed by atoms with Crippen LogP contribution in [0.1, 0.15) is 47.7 Å². The Morgan fingerprint density at radius 3 is 1.56 bits per heavy atom. The van der Waals surface area contributed by atoms with Gasteiger partial charge in [-0.3, -0.25) is 19.3 Å². The predicted octanol–water partition coefficient (Wildman–Crippen LogP) is 4.85. The second-order valence-corrected chi connectivity index (χ2v) is 11.0. The fourth-order valence-electron chi connectivity index (χ4n) is 6.35. The lowest BCUT2D eigenvalue weighted by Crippen LogP contribution is -2.57. The maximum atomic E-state index is 14.0. The molecular formula is C29H24Cl2N2O3. The van der Waals surface area contributed by atoms with E-state index >= 15 is 0 Å². The van der Waals surface area contributed by atoms with Crippen molar-refractivity contribution in [1.82, 2.24) is 10.2 Å². The van der Waals surface area contributed by atoms with E-state index in [0.29, 0.717) is 0 Å². The first kappa shape index (κ1) is 23.3. The molecule has 0 spiro atoms. The highest BCUT2D eigenvalue weighted by Gasteiger charge is 2.73. The second kappa shape index (κ2) is 7.92. The Balaban J connectivity index is 1.41. The number of hydrogen-bond acceptors (Lipinski definition) is 3. The minimum Gasteiger partial charge on any atom is -0.348 e. The zero-order valence-corrected chi connectivity index (χ0v) is 21.3. The van der Waals surface area contributed by atoms with Crippen molar-refractivity contribution in [2.75, 3.05) is 0 Å². The van der Waals surface area contributed by atoms with Crippen molar-refractivity contribution < 1.29 is 14.4 Å². The molecule has 3 amide bonds. The van der Waals surface area contributed by atoms with Crippen LogP contribution in [-0.2, 0) is 24.1 Å². The van der Waals surface area contributed by atoms with Gasteiger partial charge < -0.3 is 5.32 Å². The molecule has 0 unspecified atom stereocenters. The van der Waals surface area contributed by atoms with Gasteiger partial charge in [-0.05, 0) is 41.7 Å². The second-order valence-electron chi connectivity index (χ2n) is 9.83. The summed E-state index contributed by atoms with van der Waals surface area (Å²) in [7, 11) is 0. The molecule has 2 bridgehead atoms. The molecule has 4 atom stereocenters. The number of carbonyl (C=O) groups excluding carboxylic acids is 3. The molecule has 36 heavy (non-hydrogen) atoms. The quantitative estimate of drug-likeness (QED) is 0.396. The number of imide groups is 1. The SMILES string of the molecule is C[C@H](NC(=O)[C@H](C)N1C(=O)[C@@H]2[C@@H](C1=O)C1(Cl)c3ccccc3C2(Cl)c2ccccc21)c1ccccc1. The van der Waals surface area contributed by atoms with Crippen molar-refractivity contribution in [3.63, 3.8) is 0 Å². The standard InChI is InChI=1S/C29H24Cl2N2O3/c1-16(18-10-4-3-5-11-18)32-25(34)17(2)33-26(35)23-24(27(33)36)29(31)20-13-7-6-12-19(20)28(23,30)21-14-8-9-15-22(21)29/h3-17,23-24H,1-2H3,(H,32,34)/t16-,17-,23-,24-,28?,29?/m0/s1. The molecule has 0 aromatic heterocycles. The maximum Gasteiger partial charge on any atom is 0.243 e. The van der Waals surface area contributed by atoms with Gasteiger partial charge in [0, 0.05) is 0 Å². The van der Waals surface area contributed by atoms with Crippen molar-refractivity contribution >= 4 is 40.9 Å². The molecule has 3 aromatic rings. The van der Waals surface area contributed by atoms with Gasteiger partial charge in [0.05, 0.1) is 17.9 Å². The largest absolute Gasteiger partial charge is 0.348 e. The van der Waals surface area contributed by atoms with E-state index in [1.54, 1.807) is 6.92 Å². The molecule has 1 N–H and O–H groups in total. The third kappa shape index (κ3) is 2.81. The zero-order valence-electron chi connectivity index (χ0n) is 19.7. The topological polar surface area (TPSA) is 66.5 Å². The number of alkyl halides is 2. The summed E-state index contributed by atoms with van der Waals surface area (Å²) in [4.78, 5) is 39.8. The fourth-order valence-corrected chi connectivity index (χ4v) is 7.44. The Morgan fingerprint density at radius 1 is 0.750 bits per heavy atom. The molecule has 0 radical (unpaired) electrons. The summed E-state index contributed by atoms with van der Waals surface area (Å²) in [5.74, 6) is -3.19. The van der Waals surface area contributed by atoms with E-state index in [4.69, 9.17) is 23.2 Å². The van der Waals surface area contributed by atoms with E-state index < -0.39 is 45.3 Å². The van der Waals surface area contributed by atoms with E-state index in [9.17, 15) is 14.4 Å². The third-order valence-corrected chi connectivity index (χ3v) is 9.33. The smallest absolute Gasteiger partial charge is 0.243 e. The van der Waals surface area contributed by atoms with E-state index in [0.717, 1.165) is 32.7 Å². The number of benzene rings is 3. The molecule has 3 aromatic carbocycles. The first-order valence-electron chi connectivity index (χ1n) is 12.0. The van der Waals surface area contributed by atoms with Gasteiger partial charge >= 0.3 is 0 Å². The average Bonchev–Trinajstić information content (AvgIpc) is 3.18. The summed E-state index contributed by atoms with van der Waals surface area (Å²) in [6.07, 6.45) is 0. The number of likely N-dealkylation sites (tertiary alicyclic amines) is 1. The Labute approximate surface area is 219 Å². The third-order valence-electron chi connectivity index (χ3n) is 8.04. The summed E-state index contributed by atoms with van der Waals surface area (Å²) in [6, 6.07) is 23.2. The van der Waals surface area contributed by atoms with Crippen LogP contribution in [0.2, 0.25) is 0 Å². The maximum absolute atomic E-state index is 14.0. The van der Waals surface area contributed by atoms with Crippen LogP contribution < -0.4 is 5.32 Å². The normalized spacial score (nSPS) is 29.3. The summed E-state index contributed by atoms with van der Waals surface area (Å²) >= 11 is 14.9. The average molecular weight is 519 g/mol. The van der Waals surface area contributed by atoms with Crippen LogP contribution in [0.5, 0.6) is 0 Å². The highest BCUT2D eigenvalue weighted by atomic mass is 35.5. The molecule has 1 saturated heterocycles. The van der Waals surface area contributed by atoms with Crippen molar-refractivity contribution in [2.24, 2.45) is 11.8 Å². The van der Waals surface area contributed by atoms with E-state index in [1.165, 1.54) is 0 Å². The zero-order chi connectivity index (χ0) is 25.4. The van der Waals surface area contributed by atoms with Crippen molar-refractivity contribution in [3.05, 3.63) is 107 Å². The molecule has 1 heterocycles. The number of halogens is 2. The molecule has 1 fully saturated rings. The van der Waals surface area contributed by atoms with Gasteiger partial charge in [-0.25, -0.2) is 0 Å². The molecule has 7 heteroatoms. The number of hydrogen-bond donors (Lipinski definition) is 1. The van der Waals surface area contributed by atoms with Crippen LogP contribution in [0.4, 0.5) is 0 Å². The van der Waals surface area contributed by atoms with Gasteiger partial charge in [0.2, 0.25) is 17.7 Å². The van der Waals surface area contributed by atoms with Crippen molar-refractivity contribution in [3.8, 4) is 0 Å². The Kier molecular flexibility index (Phi) is 5.12. The molecule has 5 nitrogen and oxygen atoms in total. The minimum atomic E-state index is -1.26. The summed E-state index contributed by atoms with van der Waals surface area (Å²) in [5, 5.41) is 2.94. The molecule has 0 saturated carbocycles. The number of rotatable bonds is 4. The Hall–Kier alpha value is -3.15. The van der Waals surface area contributed by atoms with Crippen LogP contribution in [0, 0.1) is 11.8 Å². The van der Waals surface area contributed by atoms with Gasteiger partial charge in [0.25, 0.3) is 0 Å². The van der Waals surface area contributed by atoms with E-state index in [1.807, 2.05) is 85.8 Å². The summed E-state index contributed by atoms with van der Waals surface area (Å²) in [5.41, 5.74) is 3.87. The Bertz CT molecular complexity index is 1300. The first-order chi connectivity index (χ1) is 17.2. The van der Waals surface area contributed by atoms with Gasteiger partial charge in [0.15, 0.2) is 0 Å². The number of nitrogens with zero attached hydrogens (tertiary/aromatic N) is 1. The molecule has 4 aliphatic rings. The molecule has 7 rings (SSSR count). The van der Waals surface area contributed by atoms with E-state index in [2.05, 4.69) is 5.32 Å². The molecule has 3 aliphatic carbocycles. The Morgan fingerprint density at radius 2 is 1.14 bits per heavy atom. The van der Waals surface area contributed by atoms with Crippen LogP contribution in [0.25, 0.3) is 0 Å². The predicted molar refractivity (Wildman–Crippen MR) is 137 cm³/mol. The van der Waals surface area contributed by atoms with Gasteiger partial charge in [-0.2, -0.15) is 0 Å². The summed E-state index contributed by atoms with van der Waals surface area (Å²) in [6.45, 7) is 3.44. The lowest BCUT2D eigenvalue weighted by molar-refractivity contribution is -0.147. The van der Waals surface area contributed by atoms with Crippen molar-refractivity contribution in [1.29, 1.82) is 0 Å². The van der Waals surface area contributed by atoms with Crippen molar-refractivity contribution in [2.45, 2.75) is 35.7 Å². The number of amides is 3. The molecule has 182 valence electrons. The molecular weight excluding hydrogens is 495 g/mol. The van der Waals surface area contributed by atoms with Crippen LogP contribution in [0.3, 0.4) is 0 Å². The number of nitrogens with one attached hydrogen (secondary N) is 1. The lowest BCUT2D eigenvalue weighted by atomic mass is 9.54. The van der Waals surface area contributed by atoms with Crippen LogP contribution in [-0.4, -0.2) is 28.7 Å². The highest BCUT2D eigenvalue weighted by Crippen LogP contribution is 2.69. The first-order valence-corrected chi connectivity index (χ1v) is 12.8. The van der Waals surface area contributed by atoms with E-state index in [-0.39, 0.29) is 6.04 Å². The molecule has 1 aliphatic heterocycles. The highest BCUT2D eigenvalue weighted by molar-refractivity contribution is 6.36. The summed E-state index contributed by atoms with van der Waals surface area (Å²) < 4.78 is 0. The van der Waals surface area contributed by atoms with Crippen LogP contribution >= 0.6 is 23.2 Å². The fraction of sp³-hybridized carbons (Fsp3) is 0.276. The van der Waals surface area contributed by atoms with Crippen LogP contribution in [0.15, 0.2) is 78.9 Å².